The van der Waals surface area contributed by atoms with E-state index in [0.717, 1.165) is 12.8 Å². The van der Waals surface area contributed by atoms with Gasteiger partial charge < -0.3 is 9.64 Å². The largest absolute Gasteiger partial charge is 0.368 e. The molecule has 0 aliphatic carbocycles. The van der Waals surface area contributed by atoms with Crippen molar-refractivity contribution in [2.75, 3.05) is 20.7 Å². The highest BCUT2D eigenvalue weighted by Crippen LogP contribution is 2.22. The van der Waals surface area contributed by atoms with Crippen molar-refractivity contribution < 1.29 is 9.53 Å². The Morgan fingerprint density at radius 1 is 1.62 bits per heavy atom. The number of hydrogen-bond acceptors (Lipinski definition) is 2. The van der Waals surface area contributed by atoms with E-state index < -0.39 is 0 Å². The summed E-state index contributed by atoms with van der Waals surface area (Å²) in [6.07, 6.45) is 3.55. The van der Waals surface area contributed by atoms with Crippen LogP contribution in [0.15, 0.2) is 12.7 Å². The van der Waals surface area contributed by atoms with Gasteiger partial charge in [-0.25, -0.2) is 0 Å². The van der Waals surface area contributed by atoms with Gasteiger partial charge in [-0.1, -0.05) is 6.08 Å². The maximum absolute atomic E-state index is 11.6. The first-order valence-corrected chi connectivity index (χ1v) is 4.62. The van der Waals surface area contributed by atoms with Crippen LogP contribution in [0.2, 0.25) is 0 Å². The van der Waals surface area contributed by atoms with Gasteiger partial charge in [0.05, 0.1) is 0 Å². The maximum Gasteiger partial charge on any atom is 0.251 e. The van der Waals surface area contributed by atoms with Crippen LogP contribution in [0.3, 0.4) is 0 Å². The van der Waals surface area contributed by atoms with Gasteiger partial charge in [0.2, 0.25) is 0 Å². The molecule has 0 N–H and O–H groups in total. The average molecular weight is 183 g/mol. The van der Waals surface area contributed by atoms with Crippen LogP contribution >= 0.6 is 0 Å². The Kier molecular flexibility index (Phi) is 3.48. The van der Waals surface area contributed by atoms with Crippen LogP contribution in [0, 0.1) is 5.92 Å². The molecule has 0 radical (unpaired) electrons. The lowest BCUT2D eigenvalue weighted by atomic mass is 9.94. The van der Waals surface area contributed by atoms with Crippen LogP contribution in [-0.2, 0) is 9.53 Å². The molecule has 0 spiro atoms. The highest BCUT2D eigenvalue weighted by atomic mass is 16.5. The van der Waals surface area contributed by atoms with Gasteiger partial charge in [0, 0.05) is 26.6 Å². The molecule has 1 heterocycles. The molecule has 3 heteroatoms. The number of carbonyl (C=O) groups is 1. The zero-order valence-corrected chi connectivity index (χ0v) is 8.32. The molecule has 1 aliphatic rings. The predicted molar refractivity (Wildman–Crippen MR) is 51.4 cm³/mol. The minimum Gasteiger partial charge on any atom is -0.368 e. The van der Waals surface area contributed by atoms with Crippen molar-refractivity contribution in [2.24, 2.45) is 5.92 Å². The molecule has 0 saturated carbocycles. The lowest BCUT2D eigenvalue weighted by Gasteiger charge is -2.30. The van der Waals surface area contributed by atoms with Crippen molar-refractivity contribution in [1.82, 2.24) is 4.90 Å². The highest BCUT2D eigenvalue weighted by molar-refractivity contribution is 5.81. The van der Waals surface area contributed by atoms with Crippen LogP contribution in [0.25, 0.3) is 0 Å². The first-order chi connectivity index (χ1) is 6.16. The lowest BCUT2D eigenvalue weighted by Crippen LogP contribution is -2.42. The molecule has 2 atom stereocenters. The van der Waals surface area contributed by atoms with Gasteiger partial charge >= 0.3 is 0 Å². The van der Waals surface area contributed by atoms with Gasteiger partial charge in [0.25, 0.3) is 5.91 Å². The fraction of sp³-hybridized carbons (Fsp3) is 0.700. The van der Waals surface area contributed by atoms with Gasteiger partial charge in [0.1, 0.15) is 6.10 Å². The van der Waals surface area contributed by atoms with Crippen molar-refractivity contribution >= 4 is 5.91 Å². The topological polar surface area (TPSA) is 29.5 Å². The molecule has 13 heavy (non-hydrogen) atoms. The van der Waals surface area contributed by atoms with Gasteiger partial charge in [-0.3, -0.25) is 4.79 Å². The summed E-state index contributed by atoms with van der Waals surface area (Å²) in [6, 6.07) is 0. The molecule has 1 aliphatic heterocycles. The van der Waals surface area contributed by atoms with Crippen LogP contribution < -0.4 is 0 Å². The molecule has 0 unspecified atom stereocenters. The number of carbonyl (C=O) groups excluding carboxylic acids is 1. The van der Waals surface area contributed by atoms with Gasteiger partial charge in [-0.05, 0) is 12.8 Å². The van der Waals surface area contributed by atoms with Crippen molar-refractivity contribution in [3.8, 4) is 0 Å². The third-order valence-electron chi connectivity index (χ3n) is 2.35. The monoisotopic (exact) mass is 183 g/mol. The minimum atomic E-state index is -0.304. The molecular formula is C10H17NO2. The number of hydrogen-bond donors (Lipinski definition) is 0. The summed E-state index contributed by atoms with van der Waals surface area (Å²) in [6.45, 7) is 4.41. The van der Waals surface area contributed by atoms with E-state index in [1.807, 2.05) is 6.08 Å². The summed E-state index contributed by atoms with van der Waals surface area (Å²) in [5.41, 5.74) is 0. The number of likely N-dealkylation sites (N-methyl/N-ethyl adjacent to an activating group) is 1. The summed E-state index contributed by atoms with van der Waals surface area (Å²) >= 11 is 0. The second kappa shape index (κ2) is 4.42. The standard InChI is InChI=1S/C10H17NO2/c1-4-8-6-5-7-13-9(8)10(12)11(2)3/h4,8-9H,1,5-7H2,2-3H3/t8-,9-/m1/s1. The van der Waals surface area contributed by atoms with Gasteiger partial charge in [-0.15, -0.1) is 6.58 Å². The predicted octanol–water partition coefficient (Wildman–Crippen LogP) is 1.06. The summed E-state index contributed by atoms with van der Waals surface area (Å²) in [5.74, 6) is 0.230. The van der Waals surface area contributed by atoms with Crippen LogP contribution in [0.4, 0.5) is 0 Å². The SMILES string of the molecule is C=C[C@@H]1CCCO[C@H]1C(=O)N(C)C. The molecule has 0 aromatic carbocycles. The summed E-state index contributed by atoms with van der Waals surface area (Å²) in [7, 11) is 3.50. The zero-order chi connectivity index (χ0) is 9.84. The summed E-state index contributed by atoms with van der Waals surface area (Å²) < 4.78 is 5.44. The molecule has 1 rings (SSSR count). The van der Waals surface area contributed by atoms with Crippen LogP contribution in [0.5, 0.6) is 0 Å². The van der Waals surface area contributed by atoms with E-state index in [1.54, 1.807) is 19.0 Å². The maximum atomic E-state index is 11.6. The molecule has 0 bridgehead atoms. The smallest absolute Gasteiger partial charge is 0.251 e. The summed E-state index contributed by atoms with van der Waals surface area (Å²) in [4.78, 5) is 13.2. The van der Waals surface area contributed by atoms with E-state index in [2.05, 4.69) is 6.58 Å². The second-order valence-electron chi connectivity index (χ2n) is 3.57. The zero-order valence-electron chi connectivity index (χ0n) is 8.32. The number of nitrogens with zero attached hydrogens (tertiary/aromatic N) is 1. The van der Waals surface area contributed by atoms with Crippen molar-refractivity contribution in [3.05, 3.63) is 12.7 Å². The quantitative estimate of drug-likeness (QED) is 0.599. The molecule has 3 nitrogen and oxygen atoms in total. The Balaban J connectivity index is 2.63. The van der Waals surface area contributed by atoms with E-state index >= 15 is 0 Å². The number of rotatable bonds is 2. The third kappa shape index (κ3) is 2.31. The molecular weight excluding hydrogens is 166 g/mol. The molecule has 74 valence electrons. The Morgan fingerprint density at radius 2 is 2.31 bits per heavy atom. The average Bonchev–Trinajstić information content (AvgIpc) is 2.16. The Hall–Kier alpha value is -0.830. The van der Waals surface area contributed by atoms with Gasteiger partial charge in [0.15, 0.2) is 0 Å². The van der Waals surface area contributed by atoms with Crippen molar-refractivity contribution in [3.63, 3.8) is 0 Å². The van der Waals surface area contributed by atoms with Crippen molar-refractivity contribution in [2.45, 2.75) is 18.9 Å². The van der Waals surface area contributed by atoms with Crippen LogP contribution in [-0.4, -0.2) is 37.6 Å². The second-order valence-corrected chi connectivity index (χ2v) is 3.57. The number of ether oxygens (including phenoxy) is 1. The fourth-order valence-electron chi connectivity index (χ4n) is 1.55. The van der Waals surface area contributed by atoms with E-state index in [-0.39, 0.29) is 17.9 Å². The fourth-order valence-corrected chi connectivity index (χ4v) is 1.55. The van der Waals surface area contributed by atoms with E-state index in [1.165, 1.54) is 0 Å². The van der Waals surface area contributed by atoms with E-state index in [0.29, 0.717) is 6.61 Å². The molecule has 1 amide bonds. The Labute approximate surface area is 79.4 Å². The van der Waals surface area contributed by atoms with Crippen LogP contribution in [0.1, 0.15) is 12.8 Å². The van der Waals surface area contributed by atoms with Gasteiger partial charge in [-0.2, -0.15) is 0 Å². The normalized spacial score (nSPS) is 28.2. The molecule has 1 saturated heterocycles. The molecule has 0 aromatic heterocycles. The first-order valence-electron chi connectivity index (χ1n) is 4.62. The minimum absolute atomic E-state index is 0.0459. The Morgan fingerprint density at radius 3 is 2.85 bits per heavy atom. The van der Waals surface area contributed by atoms with E-state index in [4.69, 9.17) is 4.74 Å². The molecule has 0 aromatic rings. The molecule has 1 fully saturated rings. The Bertz CT molecular complexity index is 201. The highest BCUT2D eigenvalue weighted by Gasteiger charge is 2.30. The number of amides is 1. The summed E-state index contributed by atoms with van der Waals surface area (Å²) in [5, 5.41) is 0. The lowest BCUT2D eigenvalue weighted by molar-refractivity contribution is -0.146. The first kappa shape index (κ1) is 10.3. The van der Waals surface area contributed by atoms with E-state index in [9.17, 15) is 4.79 Å². The third-order valence-corrected chi connectivity index (χ3v) is 2.35. The van der Waals surface area contributed by atoms with Crippen molar-refractivity contribution in [1.29, 1.82) is 0 Å².